The number of aliphatic hydroxyl groups is 1. The molecule has 8 nitrogen and oxygen atoms in total. The van der Waals surface area contributed by atoms with Gasteiger partial charge in [0.05, 0.1) is 6.10 Å². The van der Waals surface area contributed by atoms with E-state index >= 15 is 0 Å². The maximum atomic E-state index is 11.9. The maximum absolute atomic E-state index is 11.9. The molecule has 0 bridgehead atoms. The molecule has 0 radical (unpaired) electrons. The van der Waals surface area contributed by atoms with Gasteiger partial charge in [-0.2, -0.15) is 0 Å². The SMILES string of the molecule is CC(=O)NC(C(=O)NC(CCCCN)C(N)=O)C(C)O. The number of primary amides is 1. The van der Waals surface area contributed by atoms with Crippen LogP contribution in [-0.4, -0.2) is 47.6 Å². The molecular formula is C12H24N4O4. The number of carbonyl (C=O) groups is 3. The highest BCUT2D eigenvalue weighted by atomic mass is 16.3. The lowest BCUT2D eigenvalue weighted by atomic mass is 10.1. The van der Waals surface area contributed by atoms with E-state index in [0.717, 1.165) is 0 Å². The van der Waals surface area contributed by atoms with Gasteiger partial charge < -0.3 is 27.2 Å². The minimum atomic E-state index is -1.12. The predicted octanol–water partition coefficient (Wildman–Crippen LogP) is -2.03. The zero-order chi connectivity index (χ0) is 15.7. The summed E-state index contributed by atoms with van der Waals surface area (Å²) in [7, 11) is 0. The molecule has 8 heteroatoms. The average Bonchev–Trinajstić information content (AvgIpc) is 2.33. The molecule has 0 aliphatic heterocycles. The second kappa shape index (κ2) is 9.27. The molecular weight excluding hydrogens is 264 g/mol. The van der Waals surface area contributed by atoms with Crippen LogP contribution in [0.2, 0.25) is 0 Å². The molecule has 7 N–H and O–H groups in total. The Morgan fingerprint density at radius 2 is 1.80 bits per heavy atom. The van der Waals surface area contributed by atoms with Crippen LogP contribution in [0.15, 0.2) is 0 Å². The van der Waals surface area contributed by atoms with Gasteiger partial charge in [0, 0.05) is 6.92 Å². The van der Waals surface area contributed by atoms with E-state index < -0.39 is 35.9 Å². The summed E-state index contributed by atoms with van der Waals surface area (Å²) < 4.78 is 0. The van der Waals surface area contributed by atoms with E-state index in [9.17, 15) is 19.5 Å². The fraction of sp³-hybridized carbons (Fsp3) is 0.750. The molecule has 0 saturated heterocycles. The molecule has 3 unspecified atom stereocenters. The smallest absolute Gasteiger partial charge is 0.245 e. The zero-order valence-corrected chi connectivity index (χ0v) is 11.9. The number of rotatable bonds is 9. The molecule has 0 saturated carbocycles. The van der Waals surface area contributed by atoms with Crippen molar-refractivity contribution in [2.75, 3.05) is 6.54 Å². The number of unbranched alkanes of at least 4 members (excludes halogenated alkanes) is 1. The van der Waals surface area contributed by atoms with Crippen LogP contribution in [0, 0.1) is 0 Å². The van der Waals surface area contributed by atoms with Crippen LogP contribution < -0.4 is 22.1 Å². The van der Waals surface area contributed by atoms with Crippen molar-refractivity contribution < 1.29 is 19.5 Å². The van der Waals surface area contributed by atoms with E-state index in [1.54, 1.807) is 0 Å². The van der Waals surface area contributed by atoms with Crippen LogP contribution in [-0.2, 0) is 14.4 Å². The molecule has 0 fully saturated rings. The van der Waals surface area contributed by atoms with Crippen LogP contribution in [0.3, 0.4) is 0 Å². The minimum Gasteiger partial charge on any atom is -0.391 e. The van der Waals surface area contributed by atoms with Crippen LogP contribution in [0.25, 0.3) is 0 Å². The van der Waals surface area contributed by atoms with Gasteiger partial charge in [-0.25, -0.2) is 0 Å². The summed E-state index contributed by atoms with van der Waals surface area (Å²) in [4.78, 5) is 34.2. The summed E-state index contributed by atoms with van der Waals surface area (Å²) in [5, 5.41) is 14.2. The molecule has 0 aliphatic carbocycles. The minimum absolute atomic E-state index is 0.366. The highest BCUT2D eigenvalue weighted by Crippen LogP contribution is 2.02. The summed E-state index contributed by atoms with van der Waals surface area (Å²) in [5.41, 5.74) is 10.6. The standard InChI is InChI=1S/C12H24N4O4/c1-7(17)10(15-8(2)18)12(20)16-9(11(14)19)5-3-4-6-13/h7,9-10,17H,3-6,13H2,1-2H3,(H2,14,19)(H,15,18)(H,16,20). The van der Waals surface area contributed by atoms with Crippen LogP contribution in [0.1, 0.15) is 33.1 Å². The first-order chi connectivity index (χ1) is 9.29. The van der Waals surface area contributed by atoms with Gasteiger partial charge in [0.1, 0.15) is 12.1 Å². The lowest BCUT2D eigenvalue weighted by molar-refractivity contribution is -0.133. The fourth-order valence-electron chi connectivity index (χ4n) is 1.66. The first kappa shape index (κ1) is 18.3. The third-order valence-corrected chi connectivity index (χ3v) is 2.73. The Labute approximate surface area is 118 Å². The fourth-order valence-corrected chi connectivity index (χ4v) is 1.66. The van der Waals surface area contributed by atoms with Crippen molar-refractivity contribution >= 4 is 17.7 Å². The lowest BCUT2D eigenvalue weighted by Gasteiger charge is -2.23. The number of carbonyl (C=O) groups excluding carboxylic acids is 3. The van der Waals surface area contributed by atoms with Crippen molar-refractivity contribution in [3.05, 3.63) is 0 Å². The Morgan fingerprint density at radius 3 is 2.20 bits per heavy atom. The largest absolute Gasteiger partial charge is 0.391 e. The van der Waals surface area contributed by atoms with Crippen LogP contribution in [0.4, 0.5) is 0 Å². The van der Waals surface area contributed by atoms with Gasteiger partial charge >= 0.3 is 0 Å². The zero-order valence-electron chi connectivity index (χ0n) is 11.9. The normalized spacial score (nSPS) is 15.0. The van der Waals surface area contributed by atoms with E-state index in [4.69, 9.17) is 11.5 Å². The van der Waals surface area contributed by atoms with Crippen LogP contribution >= 0.6 is 0 Å². The number of amides is 3. The lowest BCUT2D eigenvalue weighted by Crippen LogP contribution is -2.56. The van der Waals surface area contributed by atoms with Crippen molar-refractivity contribution in [3.63, 3.8) is 0 Å². The average molecular weight is 288 g/mol. The van der Waals surface area contributed by atoms with E-state index in [1.165, 1.54) is 13.8 Å². The molecule has 0 aromatic rings. The molecule has 3 amide bonds. The molecule has 0 rings (SSSR count). The summed E-state index contributed by atoms with van der Waals surface area (Å²) in [6.07, 6.45) is 0.636. The summed E-state index contributed by atoms with van der Waals surface area (Å²) in [6, 6.07) is -1.96. The molecule has 20 heavy (non-hydrogen) atoms. The number of nitrogens with one attached hydrogen (secondary N) is 2. The van der Waals surface area contributed by atoms with E-state index in [-0.39, 0.29) is 0 Å². The second-order valence-electron chi connectivity index (χ2n) is 4.67. The predicted molar refractivity (Wildman–Crippen MR) is 73.3 cm³/mol. The van der Waals surface area contributed by atoms with Gasteiger partial charge in [0.15, 0.2) is 0 Å². The molecule has 0 aromatic carbocycles. The van der Waals surface area contributed by atoms with Gasteiger partial charge in [-0.15, -0.1) is 0 Å². The van der Waals surface area contributed by atoms with Crippen molar-refractivity contribution in [2.45, 2.75) is 51.3 Å². The molecule has 0 aromatic heterocycles. The first-order valence-electron chi connectivity index (χ1n) is 6.54. The number of nitrogens with two attached hydrogens (primary N) is 2. The Bertz CT molecular complexity index is 346. The maximum Gasteiger partial charge on any atom is 0.245 e. The highest BCUT2D eigenvalue weighted by molar-refractivity contribution is 5.91. The van der Waals surface area contributed by atoms with Crippen molar-refractivity contribution in [1.82, 2.24) is 10.6 Å². The third-order valence-electron chi connectivity index (χ3n) is 2.73. The van der Waals surface area contributed by atoms with E-state index in [0.29, 0.717) is 25.8 Å². The monoisotopic (exact) mass is 288 g/mol. The Hall–Kier alpha value is -1.67. The Balaban J connectivity index is 4.61. The van der Waals surface area contributed by atoms with Crippen molar-refractivity contribution in [2.24, 2.45) is 11.5 Å². The van der Waals surface area contributed by atoms with Gasteiger partial charge in [-0.3, -0.25) is 14.4 Å². The van der Waals surface area contributed by atoms with Gasteiger partial charge in [-0.05, 0) is 32.7 Å². The number of hydrogen-bond donors (Lipinski definition) is 5. The molecule has 0 spiro atoms. The van der Waals surface area contributed by atoms with Crippen molar-refractivity contribution in [1.29, 1.82) is 0 Å². The second-order valence-corrected chi connectivity index (χ2v) is 4.67. The summed E-state index contributed by atoms with van der Waals surface area (Å²) >= 11 is 0. The first-order valence-corrected chi connectivity index (χ1v) is 6.54. The molecule has 116 valence electrons. The summed E-state index contributed by atoms with van der Waals surface area (Å²) in [5.74, 6) is -1.76. The molecule has 0 heterocycles. The Kier molecular flexibility index (Phi) is 8.49. The summed E-state index contributed by atoms with van der Waals surface area (Å²) in [6.45, 7) is 3.09. The molecule has 0 aliphatic rings. The molecule has 3 atom stereocenters. The highest BCUT2D eigenvalue weighted by Gasteiger charge is 2.27. The van der Waals surface area contributed by atoms with Crippen molar-refractivity contribution in [3.8, 4) is 0 Å². The third kappa shape index (κ3) is 7.05. The van der Waals surface area contributed by atoms with E-state index in [2.05, 4.69) is 10.6 Å². The Morgan fingerprint density at radius 1 is 1.20 bits per heavy atom. The van der Waals surface area contributed by atoms with Gasteiger partial charge in [0.25, 0.3) is 0 Å². The van der Waals surface area contributed by atoms with Gasteiger partial charge in [-0.1, -0.05) is 0 Å². The number of hydrogen-bond acceptors (Lipinski definition) is 5. The van der Waals surface area contributed by atoms with Gasteiger partial charge in [0.2, 0.25) is 17.7 Å². The van der Waals surface area contributed by atoms with E-state index in [1.807, 2.05) is 0 Å². The van der Waals surface area contributed by atoms with Crippen LogP contribution in [0.5, 0.6) is 0 Å². The quantitative estimate of drug-likeness (QED) is 0.310. The topological polar surface area (TPSA) is 148 Å². The number of aliphatic hydroxyl groups excluding tert-OH is 1.